The summed E-state index contributed by atoms with van der Waals surface area (Å²) in [6, 6.07) is 15.6. The number of hydrogen-bond acceptors (Lipinski definition) is 2. The molecule has 6 heteroatoms. The number of fused-ring (bicyclic) bond motifs is 1. The highest BCUT2D eigenvalue weighted by Gasteiger charge is 2.18. The summed E-state index contributed by atoms with van der Waals surface area (Å²) in [6.45, 7) is 7.13. The summed E-state index contributed by atoms with van der Waals surface area (Å²) in [6.07, 6.45) is 1.61. The first kappa shape index (κ1) is 19.7. The number of nitrogens with zero attached hydrogens (tertiary/aromatic N) is 2. The van der Waals surface area contributed by atoms with E-state index in [0.717, 1.165) is 11.1 Å². The smallest absolute Gasteiger partial charge is 0.258 e. The van der Waals surface area contributed by atoms with Gasteiger partial charge in [-0.1, -0.05) is 68.2 Å². The number of imidazole rings is 1. The van der Waals surface area contributed by atoms with Gasteiger partial charge in [-0.2, -0.15) is 0 Å². The van der Waals surface area contributed by atoms with Crippen LogP contribution in [0.15, 0.2) is 59.5 Å². The molecule has 0 radical (unpaired) electrons. The van der Waals surface area contributed by atoms with E-state index in [0.29, 0.717) is 33.5 Å². The number of hydrogen-bond donors (Lipinski definition) is 1. The molecule has 0 unspecified atom stereocenters. The van der Waals surface area contributed by atoms with Gasteiger partial charge in [0.15, 0.2) is 0 Å². The standard InChI is InChI=1S/C23H21Cl2N3O/c1-23(2,3)15-8-6-14(7-9-15)13-28-20-12-18(25)17(24)11-19(20)27-21(28)16-5-4-10-26-22(16)29/h4-12H,13H2,1-3H3,(H,26,29). The second-order valence-electron chi connectivity index (χ2n) is 8.14. The van der Waals surface area contributed by atoms with E-state index in [-0.39, 0.29) is 11.0 Å². The molecule has 4 aromatic rings. The molecule has 0 aliphatic rings. The van der Waals surface area contributed by atoms with E-state index in [1.165, 1.54) is 5.56 Å². The van der Waals surface area contributed by atoms with Gasteiger partial charge in [0.2, 0.25) is 0 Å². The summed E-state index contributed by atoms with van der Waals surface area (Å²) in [7, 11) is 0. The molecule has 0 spiro atoms. The van der Waals surface area contributed by atoms with Crippen molar-refractivity contribution in [1.82, 2.24) is 14.5 Å². The van der Waals surface area contributed by atoms with Crippen LogP contribution in [0.3, 0.4) is 0 Å². The fourth-order valence-electron chi connectivity index (χ4n) is 3.38. The number of aromatic amines is 1. The van der Waals surface area contributed by atoms with E-state index in [4.69, 9.17) is 28.2 Å². The molecule has 148 valence electrons. The first-order valence-corrected chi connectivity index (χ1v) is 10.1. The summed E-state index contributed by atoms with van der Waals surface area (Å²) in [4.78, 5) is 19.8. The van der Waals surface area contributed by atoms with Crippen molar-refractivity contribution >= 4 is 34.2 Å². The van der Waals surface area contributed by atoms with Crippen molar-refractivity contribution in [3.05, 3.63) is 86.3 Å². The Balaban J connectivity index is 1.88. The SMILES string of the molecule is CC(C)(C)c1ccc(Cn2c(-c3ccc[nH]c3=O)nc3cc(Cl)c(Cl)cc32)cc1. The van der Waals surface area contributed by atoms with Gasteiger partial charge in [-0.3, -0.25) is 4.79 Å². The summed E-state index contributed by atoms with van der Waals surface area (Å²) in [5.74, 6) is 0.583. The average Bonchev–Trinajstić information content (AvgIpc) is 2.99. The molecule has 0 bridgehead atoms. The van der Waals surface area contributed by atoms with E-state index >= 15 is 0 Å². The quantitative estimate of drug-likeness (QED) is 0.434. The Bertz CT molecular complexity index is 1250. The van der Waals surface area contributed by atoms with E-state index < -0.39 is 0 Å². The van der Waals surface area contributed by atoms with Crippen molar-refractivity contribution in [2.45, 2.75) is 32.7 Å². The van der Waals surface area contributed by atoms with Crippen molar-refractivity contribution in [3.8, 4) is 11.4 Å². The van der Waals surface area contributed by atoms with Crippen LogP contribution in [0.4, 0.5) is 0 Å². The molecule has 2 aromatic heterocycles. The third kappa shape index (κ3) is 3.83. The highest BCUT2D eigenvalue weighted by atomic mass is 35.5. The van der Waals surface area contributed by atoms with Crippen LogP contribution < -0.4 is 5.56 Å². The molecule has 4 nitrogen and oxygen atoms in total. The second kappa shape index (κ2) is 7.36. The molecule has 0 fully saturated rings. The summed E-state index contributed by atoms with van der Waals surface area (Å²) in [5.41, 5.74) is 4.31. The van der Waals surface area contributed by atoms with E-state index in [1.54, 1.807) is 30.5 Å². The van der Waals surface area contributed by atoms with Crippen molar-refractivity contribution in [2.75, 3.05) is 0 Å². The van der Waals surface area contributed by atoms with Gasteiger partial charge in [-0.25, -0.2) is 4.98 Å². The molecule has 0 saturated heterocycles. The van der Waals surface area contributed by atoms with Crippen LogP contribution in [0.1, 0.15) is 31.9 Å². The molecular formula is C23H21Cl2N3O. The predicted octanol–water partition coefficient (Wildman–Crippen LogP) is 6.04. The zero-order valence-corrected chi connectivity index (χ0v) is 18.0. The van der Waals surface area contributed by atoms with Crippen LogP contribution in [-0.4, -0.2) is 14.5 Å². The molecule has 2 aromatic carbocycles. The number of pyridine rings is 1. The third-order valence-corrected chi connectivity index (χ3v) is 5.73. The zero-order valence-electron chi connectivity index (χ0n) is 16.5. The van der Waals surface area contributed by atoms with E-state index in [9.17, 15) is 4.79 Å². The van der Waals surface area contributed by atoms with Gasteiger partial charge >= 0.3 is 0 Å². The Morgan fingerprint density at radius 1 is 1.03 bits per heavy atom. The van der Waals surface area contributed by atoms with E-state index in [1.807, 2.05) is 4.57 Å². The van der Waals surface area contributed by atoms with Crippen molar-refractivity contribution in [1.29, 1.82) is 0 Å². The third-order valence-electron chi connectivity index (χ3n) is 5.01. The molecule has 1 N–H and O–H groups in total. The largest absolute Gasteiger partial charge is 0.328 e. The van der Waals surface area contributed by atoms with Gasteiger partial charge in [-0.15, -0.1) is 0 Å². The molecular weight excluding hydrogens is 405 g/mol. The lowest BCUT2D eigenvalue weighted by molar-refractivity contribution is 0.590. The Labute approximate surface area is 179 Å². The van der Waals surface area contributed by atoms with Crippen molar-refractivity contribution in [2.24, 2.45) is 0 Å². The van der Waals surface area contributed by atoms with Crippen LogP contribution in [0, 0.1) is 0 Å². The van der Waals surface area contributed by atoms with E-state index in [2.05, 4.69) is 50.0 Å². The van der Waals surface area contributed by atoms with Gasteiger partial charge in [-0.05, 0) is 40.8 Å². The Morgan fingerprint density at radius 2 is 1.72 bits per heavy atom. The van der Waals surface area contributed by atoms with Crippen molar-refractivity contribution in [3.63, 3.8) is 0 Å². The molecule has 0 atom stereocenters. The minimum absolute atomic E-state index is 0.0903. The maximum absolute atomic E-state index is 12.4. The molecule has 0 saturated carbocycles. The molecule has 29 heavy (non-hydrogen) atoms. The fraction of sp³-hybridized carbons (Fsp3) is 0.217. The number of halogens is 2. The first-order chi connectivity index (χ1) is 13.7. The zero-order chi connectivity index (χ0) is 20.8. The second-order valence-corrected chi connectivity index (χ2v) is 8.95. The number of H-pyrrole nitrogens is 1. The Hall–Kier alpha value is -2.56. The number of benzene rings is 2. The van der Waals surface area contributed by atoms with Crippen LogP contribution in [-0.2, 0) is 12.0 Å². The lowest BCUT2D eigenvalue weighted by Gasteiger charge is -2.19. The topological polar surface area (TPSA) is 50.7 Å². The highest BCUT2D eigenvalue weighted by Crippen LogP contribution is 2.31. The monoisotopic (exact) mass is 425 g/mol. The summed E-state index contributed by atoms with van der Waals surface area (Å²) in [5, 5.41) is 0.892. The maximum Gasteiger partial charge on any atom is 0.258 e. The van der Waals surface area contributed by atoms with Crippen molar-refractivity contribution < 1.29 is 0 Å². The minimum Gasteiger partial charge on any atom is -0.328 e. The van der Waals surface area contributed by atoms with Crippen LogP contribution in [0.5, 0.6) is 0 Å². The first-order valence-electron chi connectivity index (χ1n) is 9.37. The molecule has 0 aliphatic carbocycles. The summed E-state index contributed by atoms with van der Waals surface area (Å²) < 4.78 is 2.01. The van der Waals surface area contributed by atoms with Gasteiger partial charge in [0.05, 0.1) is 26.6 Å². The van der Waals surface area contributed by atoms with Crippen LogP contribution in [0.2, 0.25) is 10.0 Å². The lowest BCUT2D eigenvalue weighted by atomic mass is 9.87. The molecule has 2 heterocycles. The molecule has 0 amide bonds. The highest BCUT2D eigenvalue weighted by molar-refractivity contribution is 6.42. The van der Waals surface area contributed by atoms with Crippen LogP contribution in [0.25, 0.3) is 22.4 Å². The summed E-state index contributed by atoms with van der Waals surface area (Å²) >= 11 is 12.5. The lowest BCUT2D eigenvalue weighted by Crippen LogP contribution is -2.12. The fourth-order valence-corrected chi connectivity index (χ4v) is 3.69. The Morgan fingerprint density at radius 3 is 2.38 bits per heavy atom. The number of rotatable bonds is 3. The predicted molar refractivity (Wildman–Crippen MR) is 120 cm³/mol. The average molecular weight is 426 g/mol. The van der Waals surface area contributed by atoms with Gasteiger partial charge in [0.1, 0.15) is 5.82 Å². The van der Waals surface area contributed by atoms with Gasteiger partial charge < -0.3 is 9.55 Å². The van der Waals surface area contributed by atoms with Crippen LogP contribution >= 0.6 is 23.2 Å². The van der Waals surface area contributed by atoms with Gasteiger partial charge in [0.25, 0.3) is 5.56 Å². The Kier molecular flexibility index (Phi) is 5.01. The normalized spacial score (nSPS) is 11.9. The molecule has 4 rings (SSSR count). The molecule has 0 aliphatic heterocycles. The number of nitrogens with one attached hydrogen (secondary N) is 1. The minimum atomic E-state index is -0.190. The van der Waals surface area contributed by atoms with Gasteiger partial charge in [0, 0.05) is 12.7 Å². The number of aromatic nitrogens is 3. The maximum atomic E-state index is 12.4.